The number of carbonyl (C=O) groups is 1. The van der Waals surface area contributed by atoms with Gasteiger partial charge in [0, 0.05) is 12.1 Å². The Balaban J connectivity index is 2.42. The van der Waals surface area contributed by atoms with E-state index in [9.17, 15) is 9.59 Å². The van der Waals surface area contributed by atoms with Gasteiger partial charge < -0.3 is 4.42 Å². The highest BCUT2D eigenvalue weighted by atomic mass is 32.1. The van der Waals surface area contributed by atoms with Crippen LogP contribution in [0.25, 0.3) is 0 Å². The van der Waals surface area contributed by atoms with E-state index in [1.54, 1.807) is 17.5 Å². The van der Waals surface area contributed by atoms with Gasteiger partial charge in [-0.25, -0.2) is 0 Å². The van der Waals surface area contributed by atoms with Gasteiger partial charge in [-0.15, -0.1) is 11.3 Å². The van der Waals surface area contributed by atoms with Crippen molar-refractivity contribution in [2.24, 2.45) is 0 Å². The molecule has 0 aromatic carbocycles. The first kappa shape index (κ1) is 8.90. The molecule has 2 aromatic rings. The predicted octanol–water partition coefficient (Wildman–Crippen LogP) is 1.93. The summed E-state index contributed by atoms with van der Waals surface area (Å²) in [6.45, 7) is 0. The van der Waals surface area contributed by atoms with Crippen LogP contribution in [0.3, 0.4) is 0 Å². The van der Waals surface area contributed by atoms with Gasteiger partial charge >= 0.3 is 0 Å². The molecule has 0 atom stereocenters. The molecule has 0 saturated carbocycles. The van der Waals surface area contributed by atoms with Gasteiger partial charge in [0.05, 0.1) is 11.1 Å². The summed E-state index contributed by atoms with van der Waals surface area (Å²) in [5.41, 5.74) is -0.226. The van der Waals surface area contributed by atoms with Gasteiger partial charge in [0.1, 0.15) is 0 Å². The van der Waals surface area contributed by atoms with E-state index in [1.165, 1.54) is 29.7 Å². The van der Waals surface area contributed by atoms with Crippen LogP contribution in [0.4, 0.5) is 0 Å². The lowest BCUT2D eigenvalue weighted by atomic mass is 10.2. The molecule has 0 bridgehead atoms. The molecular weight excluding hydrogens is 200 g/mol. The molecule has 4 heteroatoms. The van der Waals surface area contributed by atoms with Crippen LogP contribution >= 0.6 is 11.3 Å². The fraction of sp³-hybridized carbons (Fsp3) is 0. The number of carbonyl (C=O) groups excluding carboxylic acids is 1. The molecule has 0 N–H and O–H groups in total. The molecule has 14 heavy (non-hydrogen) atoms. The Morgan fingerprint density at radius 3 is 2.86 bits per heavy atom. The fourth-order valence-corrected chi connectivity index (χ4v) is 1.70. The van der Waals surface area contributed by atoms with E-state index in [-0.39, 0.29) is 17.0 Å². The van der Waals surface area contributed by atoms with E-state index < -0.39 is 0 Å². The van der Waals surface area contributed by atoms with Crippen molar-refractivity contribution in [1.29, 1.82) is 0 Å². The number of hydrogen-bond acceptors (Lipinski definition) is 4. The smallest absolute Gasteiger partial charge is 0.238 e. The van der Waals surface area contributed by atoms with Crippen LogP contribution in [0.1, 0.15) is 15.4 Å². The second-order valence-corrected chi connectivity index (χ2v) is 3.59. The second kappa shape index (κ2) is 3.59. The van der Waals surface area contributed by atoms with E-state index in [4.69, 9.17) is 4.42 Å². The van der Waals surface area contributed by atoms with Crippen molar-refractivity contribution in [2.75, 3.05) is 0 Å². The van der Waals surface area contributed by atoms with Crippen LogP contribution < -0.4 is 5.43 Å². The van der Waals surface area contributed by atoms with Crippen LogP contribution in [-0.2, 0) is 0 Å². The Morgan fingerprint density at radius 1 is 1.36 bits per heavy atom. The van der Waals surface area contributed by atoms with Gasteiger partial charge in [-0.1, -0.05) is 6.07 Å². The molecule has 0 spiro atoms. The molecule has 0 aliphatic heterocycles. The van der Waals surface area contributed by atoms with Crippen molar-refractivity contribution in [1.82, 2.24) is 0 Å². The van der Waals surface area contributed by atoms with Crippen molar-refractivity contribution >= 4 is 17.1 Å². The van der Waals surface area contributed by atoms with E-state index in [0.717, 1.165) is 0 Å². The summed E-state index contributed by atoms with van der Waals surface area (Å²) in [6, 6.07) is 5.94. The zero-order valence-corrected chi connectivity index (χ0v) is 7.91. The average Bonchev–Trinajstić information content (AvgIpc) is 2.69. The maximum absolute atomic E-state index is 11.6. The minimum absolute atomic E-state index is 0.0833. The fourth-order valence-electron chi connectivity index (χ4n) is 1.03. The molecule has 0 aliphatic carbocycles. The largest absolute Gasteiger partial charge is 0.461 e. The minimum atomic E-state index is -0.252. The van der Waals surface area contributed by atoms with Gasteiger partial charge in [0.15, 0.2) is 11.2 Å². The maximum Gasteiger partial charge on any atom is 0.238 e. The third kappa shape index (κ3) is 1.65. The van der Waals surface area contributed by atoms with Crippen LogP contribution in [0.15, 0.2) is 45.1 Å². The summed E-state index contributed by atoms with van der Waals surface area (Å²) in [7, 11) is 0. The summed E-state index contributed by atoms with van der Waals surface area (Å²) in [4.78, 5) is 23.2. The van der Waals surface area contributed by atoms with Gasteiger partial charge in [-0.2, -0.15) is 0 Å². The summed E-state index contributed by atoms with van der Waals surface area (Å²) < 4.78 is 4.95. The van der Waals surface area contributed by atoms with Crippen molar-refractivity contribution in [3.8, 4) is 0 Å². The number of thiophene rings is 1. The lowest BCUT2D eigenvalue weighted by Crippen LogP contribution is -2.04. The molecule has 2 aromatic heterocycles. The molecule has 0 radical (unpaired) electrons. The molecule has 0 amide bonds. The number of hydrogen-bond donors (Lipinski definition) is 0. The third-order valence-corrected chi connectivity index (χ3v) is 2.54. The molecule has 0 saturated heterocycles. The van der Waals surface area contributed by atoms with Gasteiger partial charge in [0.2, 0.25) is 5.78 Å². The standard InChI is InChI=1S/C10H6O3S/c11-7-3-4-13-8(6-7)10(12)9-2-1-5-14-9/h1-6H. The van der Waals surface area contributed by atoms with Gasteiger partial charge in [0.25, 0.3) is 0 Å². The van der Waals surface area contributed by atoms with Crippen molar-refractivity contribution in [3.05, 3.63) is 56.8 Å². The first-order chi connectivity index (χ1) is 6.77. The van der Waals surface area contributed by atoms with Crippen molar-refractivity contribution in [3.63, 3.8) is 0 Å². The third-order valence-electron chi connectivity index (χ3n) is 1.67. The summed E-state index contributed by atoms with van der Waals surface area (Å²) in [5, 5.41) is 1.80. The lowest BCUT2D eigenvalue weighted by molar-refractivity contribution is 0.101. The van der Waals surface area contributed by atoms with Crippen molar-refractivity contribution in [2.45, 2.75) is 0 Å². The first-order valence-electron chi connectivity index (χ1n) is 3.94. The highest BCUT2D eigenvalue weighted by Gasteiger charge is 2.12. The van der Waals surface area contributed by atoms with Crippen molar-refractivity contribution < 1.29 is 9.21 Å². The summed E-state index contributed by atoms with van der Waals surface area (Å²) >= 11 is 1.32. The van der Waals surface area contributed by atoms with Crippen LogP contribution in [0.2, 0.25) is 0 Å². The van der Waals surface area contributed by atoms with Crippen LogP contribution in [0, 0.1) is 0 Å². The molecule has 0 aliphatic rings. The lowest BCUT2D eigenvalue weighted by Gasteiger charge is -1.94. The molecule has 70 valence electrons. The predicted molar refractivity (Wildman–Crippen MR) is 52.7 cm³/mol. The molecule has 0 unspecified atom stereocenters. The monoisotopic (exact) mass is 206 g/mol. The summed E-state index contributed by atoms with van der Waals surface area (Å²) in [6.07, 6.45) is 1.23. The van der Waals surface area contributed by atoms with E-state index in [1.807, 2.05) is 0 Å². The van der Waals surface area contributed by atoms with Crippen LogP contribution in [0.5, 0.6) is 0 Å². The first-order valence-corrected chi connectivity index (χ1v) is 4.82. The molecular formula is C10H6O3S. The second-order valence-electron chi connectivity index (χ2n) is 2.64. The summed E-state index contributed by atoms with van der Waals surface area (Å²) in [5.74, 6) is -0.169. The Kier molecular flexibility index (Phi) is 2.28. The van der Waals surface area contributed by atoms with Gasteiger partial charge in [-0.05, 0) is 11.4 Å². The topological polar surface area (TPSA) is 47.3 Å². The highest BCUT2D eigenvalue weighted by molar-refractivity contribution is 7.12. The SMILES string of the molecule is O=C(c1cc(=O)cco1)c1cccs1. The highest BCUT2D eigenvalue weighted by Crippen LogP contribution is 2.13. The number of rotatable bonds is 2. The minimum Gasteiger partial charge on any atom is -0.461 e. The van der Waals surface area contributed by atoms with Crippen LogP contribution in [-0.4, -0.2) is 5.78 Å². The Labute approximate surface area is 83.6 Å². The Morgan fingerprint density at radius 2 is 2.21 bits per heavy atom. The molecule has 2 rings (SSSR count). The van der Waals surface area contributed by atoms with E-state index >= 15 is 0 Å². The molecule has 2 heterocycles. The normalized spacial score (nSPS) is 10.0. The molecule has 3 nitrogen and oxygen atoms in total. The Bertz CT molecular complexity index is 496. The zero-order valence-electron chi connectivity index (χ0n) is 7.10. The maximum atomic E-state index is 11.6. The average molecular weight is 206 g/mol. The van der Waals surface area contributed by atoms with E-state index in [2.05, 4.69) is 0 Å². The quantitative estimate of drug-likeness (QED) is 0.705. The Hall–Kier alpha value is -1.68. The zero-order chi connectivity index (χ0) is 9.97. The van der Waals surface area contributed by atoms with Gasteiger partial charge in [-0.3, -0.25) is 9.59 Å². The number of ketones is 1. The molecule has 0 fully saturated rings. The van der Waals surface area contributed by atoms with E-state index in [0.29, 0.717) is 4.88 Å².